The third-order valence-electron chi connectivity index (χ3n) is 5.66. The van der Waals surface area contributed by atoms with Crippen molar-refractivity contribution in [3.8, 4) is 0 Å². The number of rotatable bonds is 10. The van der Waals surface area contributed by atoms with Gasteiger partial charge in [-0.25, -0.2) is 0 Å². The molecule has 0 bridgehead atoms. The zero-order valence-corrected chi connectivity index (χ0v) is 20.9. The van der Waals surface area contributed by atoms with Gasteiger partial charge in [-0.2, -0.15) is 0 Å². The van der Waals surface area contributed by atoms with E-state index in [-0.39, 0.29) is 11.9 Å². The summed E-state index contributed by atoms with van der Waals surface area (Å²) in [5.41, 5.74) is 0.695. The van der Waals surface area contributed by atoms with Gasteiger partial charge in [-0.1, -0.05) is 44.2 Å². The molecule has 0 spiro atoms. The topological polar surface area (TPSA) is 55.4 Å². The molecule has 0 heterocycles. The Morgan fingerprint density at radius 2 is 1.68 bits per heavy atom. The molecule has 1 saturated carbocycles. The van der Waals surface area contributed by atoms with Gasteiger partial charge in [0.25, 0.3) is 0 Å². The summed E-state index contributed by atoms with van der Waals surface area (Å²) in [7, 11) is 0. The highest BCUT2D eigenvalue weighted by molar-refractivity contribution is 8.01. The van der Waals surface area contributed by atoms with Gasteiger partial charge >= 0.3 is 5.97 Å². The standard InChI is InChI=1S/C26H41NO3S/c1-25(2,3)30-24(29)26(4,5)31-22-16-14-21(15-17-22)18-19-27-23(28)13-9-12-20-10-7-6-8-11-20/h14-17,20H,6-13,18-19H2,1-5H3,(H,27,28). The highest BCUT2D eigenvalue weighted by atomic mass is 32.2. The van der Waals surface area contributed by atoms with Crippen LogP contribution in [0.3, 0.4) is 0 Å². The number of esters is 1. The zero-order chi connectivity index (χ0) is 22.9. The summed E-state index contributed by atoms with van der Waals surface area (Å²) in [4.78, 5) is 25.6. The predicted molar refractivity (Wildman–Crippen MR) is 129 cm³/mol. The van der Waals surface area contributed by atoms with E-state index in [9.17, 15) is 9.59 Å². The van der Waals surface area contributed by atoms with Crippen molar-refractivity contribution in [3.63, 3.8) is 0 Å². The summed E-state index contributed by atoms with van der Waals surface area (Å²) in [5, 5.41) is 3.05. The van der Waals surface area contributed by atoms with Gasteiger partial charge in [0.05, 0.1) is 0 Å². The highest BCUT2D eigenvalue weighted by Gasteiger charge is 2.33. The van der Waals surface area contributed by atoms with Crippen LogP contribution in [0.2, 0.25) is 0 Å². The second-order valence-corrected chi connectivity index (χ2v) is 12.0. The van der Waals surface area contributed by atoms with Crippen molar-refractivity contribution in [1.82, 2.24) is 5.32 Å². The average Bonchev–Trinajstić information content (AvgIpc) is 2.68. The number of ether oxygens (including phenoxy) is 1. The molecule has 1 aromatic rings. The molecule has 0 aromatic heterocycles. The van der Waals surface area contributed by atoms with Crippen molar-refractivity contribution in [1.29, 1.82) is 0 Å². The molecule has 0 radical (unpaired) electrons. The summed E-state index contributed by atoms with van der Waals surface area (Å²) >= 11 is 1.51. The van der Waals surface area contributed by atoms with Crippen LogP contribution >= 0.6 is 11.8 Å². The number of amides is 1. The molecular weight excluding hydrogens is 406 g/mol. The van der Waals surface area contributed by atoms with E-state index in [0.717, 1.165) is 23.7 Å². The molecule has 5 heteroatoms. The summed E-state index contributed by atoms with van der Waals surface area (Å²) < 4.78 is 4.88. The minimum absolute atomic E-state index is 0.169. The molecule has 174 valence electrons. The molecule has 2 rings (SSSR count). The minimum atomic E-state index is -0.652. The molecule has 1 amide bonds. The number of thioether (sulfide) groups is 1. The van der Waals surface area contributed by atoms with Gasteiger partial charge in [0.2, 0.25) is 5.91 Å². The van der Waals surface area contributed by atoms with Crippen LogP contribution in [0.1, 0.15) is 91.5 Å². The van der Waals surface area contributed by atoms with Gasteiger partial charge in [0.15, 0.2) is 0 Å². The number of hydrogen-bond donors (Lipinski definition) is 1. The Morgan fingerprint density at radius 3 is 2.29 bits per heavy atom. The molecule has 1 fully saturated rings. The van der Waals surface area contributed by atoms with Crippen LogP contribution in [0.4, 0.5) is 0 Å². The molecule has 0 atom stereocenters. The first-order valence-corrected chi connectivity index (χ1v) is 12.6. The molecule has 31 heavy (non-hydrogen) atoms. The van der Waals surface area contributed by atoms with Crippen LogP contribution in [0.15, 0.2) is 29.2 Å². The molecule has 0 saturated heterocycles. The fourth-order valence-electron chi connectivity index (χ4n) is 3.92. The van der Waals surface area contributed by atoms with E-state index in [1.54, 1.807) is 0 Å². The molecular formula is C26H41NO3S. The molecule has 1 aliphatic carbocycles. The van der Waals surface area contributed by atoms with Gasteiger partial charge in [-0.15, -0.1) is 11.8 Å². The van der Waals surface area contributed by atoms with E-state index >= 15 is 0 Å². The quantitative estimate of drug-likeness (QED) is 0.337. The van der Waals surface area contributed by atoms with Crippen molar-refractivity contribution >= 4 is 23.6 Å². The Bertz CT molecular complexity index is 700. The molecule has 4 nitrogen and oxygen atoms in total. The van der Waals surface area contributed by atoms with E-state index in [1.165, 1.54) is 55.9 Å². The predicted octanol–water partition coefficient (Wildman–Crippen LogP) is 6.31. The zero-order valence-electron chi connectivity index (χ0n) is 20.1. The van der Waals surface area contributed by atoms with Crippen LogP contribution in [0, 0.1) is 5.92 Å². The Balaban J connectivity index is 1.68. The van der Waals surface area contributed by atoms with E-state index in [0.29, 0.717) is 13.0 Å². The minimum Gasteiger partial charge on any atom is -0.459 e. The van der Waals surface area contributed by atoms with Gasteiger partial charge in [-0.3, -0.25) is 9.59 Å². The largest absolute Gasteiger partial charge is 0.459 e. The maximum atomic E-state index is 12.4. The lowest BCUT2D eigenvalue weighted by Gasteiger charge is -2.28. The van der Waals surface area contributed by atoms with Gasteiger partial charge in [0.1, 0.15) is 10.3 Å². The normalized spacial score (nSPS) is 15.5. The molecule has 0 unspecified atom stereocenters. The van der Waals surface area contributed by atoms with Gasteiger partial charge in [-0.05, 0) is 77.5 Å². The lowest BCUT2D eigenvalue weighted by atomic mass is 9.86. The van der Waals surface area contributed by atoms with Gasteiger partial charge in [0, 0.05) is 17.9 Å². The fraction of sp³-hybridized carbons (Fsp3) is 0.692. The first-order chi connectivity index (χ1) is 14.5. The van der Waals surface area contributed by atoms with Crippen molar-refractivity contribution in [3.05, 3.63) is 29.8 Å². The molecule has 1 aliphatic rings. The Labute approximate surface area is 193 Å². The highest BCUT2D eigenvalue weighted by Crippen LogP contribution is 2.34. The third-order valence-corrected chi connectivity index (χ3v) is 6.85. The molecule has 0 aliphatic heterocycles. The van der Waals surface area contributed by atoms with Crippen LogP contribution in [0.5, 0.6) is 0 Å². The van der Waals surface area contributed by atoms with Crippen molar-refractivity contribution in [2.24, 2.45) is 5.92 Å². The van der Waals surface area contributed by atoms with Crippen LogP contribution in [-0.2, 0) is 20.7 Å². The third kappa shape index (κ3) is 10.1. The maximum absolute atomic E-state index is 12.4. The summed E-state index contributed by atoms with van der Waals surface area (Å²) in [6.45, 7) is 10.1. The number of carbonyl (C=O) groups is 2. The Hall–Kier alpha value is -1.49. The average molecular weight is 448 g/mol. The Kier molecular flexibility index (Phi) is 9.92. The number of benzene rings is 1. The fourth-order valence-corrected chi connectivity index (χ4v) is 4.91. The summed E-state index contributed by atoms with van der Waals surface area (Å²) in [6, 6.07) is 8.22. The van der Waals surface area contributed by atoms with Crippen LogP contribution < -0.4 is 5.32 Å². The second kappa shape index (κ2) is 11.9. The van der Waals surface area contributed by atoms with Gasteiger partial charge < -0.3 is 10.1 Å². The first kappa shape index (κ1) is 25.8. The maximum Gasteiger partial charge on any atom is 0.322 e. The van der Waals surface area contributed by atoms with E-state index in [4.69, 9.17) is 4.74 Å². The summed E-state index contributed by atoms with van der Waals surface area (Å²) in [5.74, 6) is 0.806. The number of nitrogens with one attached hydrogen (secondary N) is 1. The number of hydrogen-bond acceptors (Lipinski definition) is 4. The van der Waals surface area contributed by atoms with Crippen molar-refractivity contribution in [2.45, 2.75) is 108 Å². The van der Waals surface area contributed by atoms with E-state index < -0.39 is 10.3 Å². The van der Waals surface area contributed by atoms with Crippen molar-refractivity contribution < 1.29 is 14.3 Å². The smallest absolute Gasteiger partial charge is 0.322 e. The van der Waals surface area contributed by atoms with Crippen molar-refractivity contribution in [2.75, 3.05) is 6.54 Å². The summed E-state index contributed by atoms with van der Waals surface area (Å²) in [6.07, 6.45) is 10.5. The SMILES string of the molecule is CC(C)(C)OC(=O)C(C)(C)Sc1ccc(CCNC(=O)CCCC2CCCCC2)cc1. The van der Waals surface area contributed by atoms with E-state index in [1.807, 2.05) is 46.8 Å². The first-order valence-electron chi connectivity index (χ1n) is 11.8. The Morgan fingerprint density at radius 1 is 1.03 bits per heavy atom. The second-order valence-electron chi connectivity index (χ2n) is 10.3. The van der Waals surface area contributed by atoms with Crippen LogP contribution in [-0.4, -0.2) is 28.8 Å². The molecule has 1 aromatic carbocycles. The lowest BCUT2D eigenvalue weighted by molar-refractivity contribution is -0.156. The number of carbonyl (C=O) groups excluding carboxylic acids is 2. The molecule has 1 N–H and O–H groups in total. The lowest BCUT2D eigenvalue weighted by Crippen LogP contribution is -2.36. The van der Waals surface area contributed by atoms with E-state index in [2.05, 4.69) is 17.4 Å². The van der Waals surface area contributed by atoms with Crippen LogP contribution in [0.25, 0.3) is 0 Å². The monoisotopic (exact) mass is 447 g/mol.